The molecule has 1 fully saturated rings. The third-order valence-corrected chi connectivity index (χ3v) is 4.72. The van der Waals surface area contributed by atoms with Crippen molar-refractivity contribution in [3.8, 4) is 5.75 Å². The first-order valence-corrected chi connectivity index (χ1v) is 9.20. The highest BCUT2D eigenvalue weighted by atomic mass is 16.5. The van der Waals surface area contributed by atoms with Crippen molar-refractivity contribution in [1.82, 2.24) is 5.32 Å². The van der Waals surface area contributed by atoms with E-state index in [0.717, 1.165) is 4.90 Å². The van der Waals surface area contributed by atoms with Crippen molar-refractivity contribution in [1.29, 1.82) is 0 Å². The Morgan fingerprint density at radius 1 is 1.07 bits per heavy atom. The van der Waals surface area contributed by atoms with Crippen LogP contribution in [0.25, 0.3) is 0 Å². The van der Waals surface area contributed by atoms with Crippen LogP contribution in [-0.4, -0.2) is 25.0 Å². The molecule has 2 N–H and O–H groups in total. The van der Waals surface area contributed by atoms with Gasteiger partial charge in [0.15, 0.2) is 5.92 Å². The van der Waals surface area contributed by atoms with E-state index in [0.29, 0.717) is 23.0 Å². The van der Waals surface area contributed by atoms with Crippen molar-refractivity contribution in [3.05, 3.63) is 66.4 Å². The van der Waals surface area contributed by atoms with Gasteiger partial charge in [0.05, 0.1) is 12.8 Å². The van der Waals surface area contributed by atoms with E-state index in [1.807, 2.05) is 24.3 Å². The van der Waals surface area contributed by atoms with E-state index in [4.69, 9.17) is 4.74 Å². The highest BCUT2D eigenvalue weighted by Crippen LogP contribution is 2.27. The molecular formula is C22H23N3O4. The first-order chi connectivity index (χ1) is 13.8. The lowest BCUT2D eigenvalue weighted by Gasteiger charge is -2.31. The van der Waals surface area contributed by atoms with Crippen LogP contribution in [-0.2, 0) is 9.59 Å². The summed E-state index contributed by atoms with van der Waals surface area (Å²) in [5, 5.41) is 5.23. The van der Waals surface area contributed by atoms with Gasteiger partial charge in [-0.15, -0.1) is 0 Å². The Hall–Kier alpha value is -3.61. The van der Waals surface area contributed by atoms with Gasteiger partial charge in [-0.05, 0) is 47.9 Å². The quantitative estimate of drug-likeness (QED) is 0.732. The Labute approximate surface area is 169 Å². The number of urea groups is 1. The lowest BCUT2D eigenvalue weighted by Crippen LogP contribution is -2.59. The molecule has 0 aliphatic carbocycles. The van der Waals surface area contributed by atoms with Crippen molar-refractivity contribution in [2.75, 3.05) is 17.3 Å². The summed E-state index contributed by atoms with van der Waals surface area (Å²) in [5.74, 6) is -1.63. The zero-order valence-electron chi connectivity index (χ0n) is 16.6. The number of methoxy groups -OCH3 is 1. The highest BCUT2D eigenvalue weighted by Gasteiger charge is 2.43. The monoisotopic (exact) mass is 393 g/mol. The Bertz CT molecular complexity index is 949. The summed E-state index contributed by atoms with van der Waals surface area (Å²) in [6, 6.07) is 13.3. The predicted octanol–water partition coefficient (Wildman–Crippen LogP) is 3.64. The van der Waals surface area contributed by atoms with Crippen LogP contribution in [0.15, 0.2) is 60.8 Å². The molecule has 7 heteroatoms. The molecule has 1 saturated heterocycles. The lowest BCUT2D eigenvalue weighted by atomic mass is 10.00. The number of ether oxygens (including phenoxy) is 1. The van der Waals surface area contributed by atoms with Gasteiger partial charge in [0.25, 0.3) is 5.91 Å². The molecule has 3 rings (SSSR count). The molecule has 1 heterocycles. The second-order valence-corrected chi connectivity index (χ2v) is 7.03. The largest absolute Gasteiger partial charge is 0.497 e. The third-order valence-electron chi connectivity index (χ3n) is 4.72. The van der Waals surface area contributed by atoms with Crippen LogP contribution >= 0.6 is 0 Å². The summed E-state index contributed by atoms with van der Waals surface area (Å²) in [7, 11) is 1.52. The van der Waals surface area contributed by atoms with Crippen molar-refractivity contribution in [2.45, 2.75) is 19.8 Å². The van der Waals surface area contributed by atoms with Crippen molar-refractivity contribution in [3.63, 3.8) is 0 Å². The molecule has 0 bridgehead atoms. The molecule has 1 atom stereocenters. The van der Waals surface area contributed by atoms with Gasteiger partial charge in [0.2, 0.25) is 5.91 Å². The Kier molecular flexibility index (Phi) is 5.68. The van der Waals surface area contributed by atoms with Gasteiger partial charge in [-0.3, -0.25) is 14.9 Å². The van der Waals surface area contributed by atoms with Crippen molar-refractivity contribution >= 4 is 29.2 Å². The van der Waals surface area contributed by atoms with Gasteiger partial charge < -0.3 is 10.1 Å². The molecule has 29 heavy (non-hydrogen) atoms. The molecule has 4 amide bonds. The van der Waals surface area contributed by atoms with Gasteiger partial charge in [-0.1, -0.05) is 32.6 Å². The Morgan fingerprint density at radius 3 is 2.24 bits per heavy atom. The van der Waals surface area contributed by atoms with E-state index >= 15 is 0 Å². The fourth-order valence-electron chi connectivity index (χ4n) is 3.07. The summed E-state index contributed by atoms with van der Waals surface area (Å²) < 4.78 is 5.09. The van der Waals surface area contributed by atoms with E-state index in [2.05, 4.69) is 31.1 Å². The lowest BCUT2D eigenvalue weighted by molar-refractivity contribution is -0.132. The molecule has 0 unspecified atom stereocenters. The molecule has 0 spiro atoms. The zero-order chi connectivity index (χ0) is 21.1. The number of amides is 4. The van der Waals surface area contributed by atoms with Crippen molar-refractivity contribution in [2.24, 2.45) is 5.92 Å². The minimum absolute atomic E-state index is 0.191. The third kappa shape index (κ3) is 4.13. The van der Waals surface area contributed by atoms with Gasteiger partial charge in [0.1, 0.15) is 5.75 Å². The summed E-state index contributed by atoms with van der Waals surface area (Å²) >= 11 is 0. The highest BCUT2D eigenvalue weighted by molar-refractivity contribution is 6.28. The maximum absolute atomic E-state index is 13.0. The van der Waals surface area contributed by atoms with Crippen LogP contribution in [0.2, 0.25) is 0 Å². The topological polar surface area (TPSA) is 87.7 Å². The Morgan fingerprint density at radius 2 is 1.69 bits per heavy atom. The fraction of sp³-hybridized carbons (Fsp3) is 0.227. The maximum atomic E-state index is 13.0. The first kappa shape index (κ1) is 20.1. The number of carbonyl (C=O) groups is 3. The van der Waals surface area contributed by atoms with Crippen LogP contribution in [0, 0.1) is 5.92 Å². The molecule has 150 valence electrons. The SMILES string of the molecule is C=C(Nc1ccc(C(C)C)cc1)[C@@H]1C(=O)NC(=O)N(c2ccc(OC)cc2)C1=O. The summed E-state index contributed by atoms with van der Waals surface area (Å²) in [5.41, 5.74) is 2.40. The molecule has 0 saturated carbocycles. The second-order valence-electron chi connectivity index (χ2n) is 7.03. The van der Waals surface area contributed by atoms with E-state index in [9.17, 15) is 14.4 Å². The molecule has 0 aromatic heterocycles. The summed E-state index contributed by atoms with van der Waals surface area (Å²) in [4.78, 5) is 38.6. The molecule has 1 aliphatic rings. The van der Waals surface area contributed by atoms with Crippen LogP contribution < -0.4 is 20.3 Å². The molecule has 2 aromatic carbocycles. The normalized spacial score (nSPS) is 16.6. The van der Waals surface area contributed by atoms with Crippen LogP contribution in [0.5, 0.6) is 5.75 Å². The molecule has 1 aliphatic heterocycles. The molecule has 0 radical (unpaired) electrons. The number of nitrogens with one attached hydrogen (secondary N) is 2. The summed E-state index contributed by atoms with van der Waals surface area (Å²) in [6.07, 6.45) is 0. The Balaban J connectivity index is 1.81. The second kappa shape index (κ2) is 8.18. The van der Waals surface area contributed by atoms with Gasteiger partial charge in [-0.25, -0.2) is 9.69 Å². The number of carbonyl (C=O) groups excluding carboxylic acids is 3. The van der Waals surface area contributed by atoms with E-state index < -0.39 is 23.8 Å². The van der Waals surface area contributed by atoms with E-state index in [-0.39, 0.29) is 5.70 Å². The predicted molar refractivity (Wildman–Crippen MR) is 111 cm³/mol. The van der Waals surface area contributed by atoms with E-state index in [1.54, 1.807) is 24.3 Å². The molecular weight excluding hydrogens is 370 g/mol. The van der Waals surface area contributed by atoms with E-state index in [1.165, 1.54) is 12.7 Å². The average molecular weight is 393 g/mol. The average Bonchev–Trinajstić information content (AvgIpc) is 2.68. The molecule has 7 nitrogen and oxygen atoms in total. The van der Waals surface area contributed by atoms with Crippen LogP contribution in [0.1, 0.15) is 25.3 Å². The minimum atomic E-state index is -1.24. The maximum Gasteiger partial charge on any atom is 0.335 e. The number of imide groups is 2. The number of hydrogen-bond acceptors (Lipinski definition) is 5. The van der Waals surface area contributed by atoms with Gasteiger partial charge in [0, 0.05) is 11.4 Å². The first-order valence-electron chi connectivity index (χ1n) is 9.20. The fourth-order valence-corrected chi connectivity index (χ4v) is 3.07. The summed E-state index contributed by atoms with van der Waals surface area (Å²) in [6.45, 7) is 8.05. The minimum Gasteiger partial charge on any atom is -0.497 e. The number of anilines is 2. The van der Waals surface area contributed by atoms with Crippen LogP contribution in [0.3, 0.4) is 0 Å². The number of rotatable bonds is 6. The smallest absolute Gasteiger partial charge is 0.335 e. The van der Waals surface area contributed by atoms with Gasteiger partial charge in [-0.2, -0.15) is 0 Å². The molecule has 2 aromatic rings. The number of nitrogens with zero attached hydrogens (tertiary/aromatic N) is 1. The number of benzene rings is 2. The number of barbiturate groups is 1. The van der Waals surface area contributed by atoms with Crippen molar-refractivity contribution < 1.29 is 19.1 Å². The van der Waals surface area contributed by atoms with Gasteiger partial charge >= 0.3 is 6.03 Å². The zero-order valence-corrected chi connectivity index (χ0v) is 16.6. The number of hydrogen-bond donors (Lipinski definition) is 2. The van der Waals surface area contributed by atoms with Crippen LogP contribution in [0.4, 0.5) is 16.2 Å². The standard InChI is InChI=1S/C22H23N3O4/c1-13(2)15-5-7-16(8-6-15)23-14(3)19-20(26)24-22(28)25(21(19)27)17-9-11-18(29-4)12-10-17/h5-13,19,23H,3H2,1-2,4H3,(H,24,26,28)/t19-/m1/s1.